The standard InChI is InChI=1S/C31H31NO4/c1-35-19-20-7-5-10-22(17-20)24-11-6-12-26-29-28(21-8-3-2-4-9-21)25-14-13-23(31(33)34)18-27(25)32(29)15-16-36-30(24)26/h5-7,10-14,17-18,21H,2-4,8-9,15-16,19H2,1H3,(H,33,34). The first-order valence-corrected chi connectivity index (χ1v) is 12.9. The van der Waals surface area contributed by atoms with Gasteiger partial charge in [-0.05, 0) is 59.7 Å². The Labute approximate surface area is 211 Å². The molecule has 0 radical (unpaired) electrons. The highest BCUT2D eigenvalue weighted by atomic mass is 16.5. The summed E-state index contributed by atoms with van der Waals surface area (Å²) in [4.78, 5) is 11.8. The summed E-state index contributed by atoms with van der Waals surface area (Å²) in [6, 6.07) is 20.5. The molecule has 0 amide bonds. The van der Waals surface area contributed by atoms with Crippen molar-refractivity contribution in [2.75, 3.05) is 13.7 Å². The van der Waals surface area contributed by atoms with Crippen molar-refractivity contribution in [3.8, 4) is 28.1 Å². The molecule has 4 aromatic rings. The molecule has 2 heterocycles. The van der Waals surface area contributed by atoms with Crippen molar-refractivity contribution >= 4 is 16.9 Å². The molecular formula is C31H31NO4. The molecule has 1 aliphatic carbocycles. The van der Waals surface area contributed by atoms with Gasteiger partial charge in [0.15, 0.2) is 0 Å². The number of carboxylic acids is 1. The second-order valence-corrected chi connectivity index (χ2v) is 9.95. The number of aromatic nitrogens is 1. The Bertz CT molecular complexity index is 1440. The molecule has 3 aromatic carbocycles. The summed E-state index contributed by atoms with van der Waals surface area (Å²) in [6.45, 7) is 1.77. The summed E-state index contributed by atoms with van der Waals surface area (Å²) in [5, 5.41) is 10.9. The molecule has 36 heavy (non-hydrogen) atoms. The summed E-state index contributed by atoms with van der Waals surface area (Å²) in [5.41, 5.74) is 8.28. The van der Waals surface area contributed by atoms with Gasteiger partial charge in [0.25, 0.3) is 0 Å². The number of ether oxygens (including phenoxy) is 2. The average Bonchev–Trinajstić information content (AvgIpc) is 3.10. The van der Waals surface area contributed by atoms with E-state index in [9.17, 15) is 9.90 Å². The van der Waals surface area contributed by atoms with Gasteiger partial charge in [0, 0.05) is 29.1 Å². The number of carbonyl (C=O) groups is 1. The van der Waals surface area contributed by atoms with Gasteiger partial charge < -0.3 is 19.1 Å². The number of fused-ring (bicyclic) bond motifs is 5. The number of aromatic carboxylic acids is 1. The normalized spacial score (nSPS) is 15.7. The van der Waals surface area contributed by atoms with Gasteiger partial charge in [-0.2, -0.15) is 0 Å². The highest BCUT2D eigenvalue weighted by molar-refractivity contribution is 5.99. The van der Waals surface area contributed by atoms with Gasteiger partial charge in [0.2, 0.25) is 0 Å². The number of rotatable bonds is 5. The van der Waals surface area contributed by atoms with Crippen molar-refractivity contribution in [2.24, 2.45) is 0 Å². The fourth-order valence-corrected chi connectivity index (χ4v) is 6.18. The zero-order valence-electron chi connectivity index (χ0n) is 20.6. The molecule has 184 valence electrons. The Kier molecular flexibility index (Phi) is 6.02. The first-order valence-electron chi connectivity index (χ1n) is 12.9. The van der Waals surface area contributed by atoms with Gasteiger partial charge in [0.05, 0.1) is 24.4 Å². The summed E-state index contributed by atoms with van der Waals surface area (Å²) in [6.07, 6.45) is 6.10. The Morgan fingerprint density at radius 2 is 1.83 bits per heavy atom. The lowest BCUT2D eigenvalue weighted by atomic mass is 9.81. The minimum absolute atomic E-state index is 0.326. The van der Waals surface area contributed by atoms with Gasteiger partial charge in [-0.25, -0.2) is 4.79 Å². The largest absolute Gasteiger partial charge is 0.490 e. The van der Waals surface area contributed by atoms with Crippen LogP contribution in [0.1, 0.15) is 59.5 Å². The maximum absolute atomic E-state index is 11.8. The minimum atomic E-state index is -0.893. The van der Waals surface area contributed by atoms with E-state index in [2.05, 4.69) is 47.0 Å². The molecule has 5 heteroatoms. The Morgan fingerprint density at radius 3 is 2.64 bits per heavy atom. The van der Waals surface area contributed by atoms with Gasteiger partial charge >= 0.3 is 5.97 Å². The first kappa shape index (κ1) is 22.9. The molecule has 0 spiro atoms. The molecule has 2 aliphatic rings. The molecular weight excluding hydrogens is 450 g/mol. The second-order valence-electron chi connectivity index (χ2n) is 9.95. The topological polar surface area (TPSA) is 60.7 Å². The third kappa shape index (κ3) is 3.88. The van der Waals surface area contributed by atoms with E-state index >= 15 is 0 Å². The van der Waals surface area contributed by atoms with E-state index in [1.165, 1.54) is 48.7 Å². The van der Waals surface area contributed by atoms with Crippen LogP contribution >= 0.6 is 0 Å². The van der Waals surface area contributed by atoms with E-state index < -0.39 is 5.97 Å². The predicted molar refractivity (Wildman–Crippen MR) is 142 cm³/mol. The molecule has 5 nitrogen and oxygen atoms in total. The van der Waals surface area contributed by atoms with Crippen LogP contribution < -0.4 is 4.74 Å². The minimum Gasteiger partial charge on any atom is -0.490 e. The Hall–Kier alpha value is -3.57. The number of nitrogens with zero attached hydrogens (tertiary/aromatic N) is 1. The van der Waals surface area contributed by atoms with Crippen LogP contribution in [0, 0.1) is 0 Å². The molecule has 0 atom stereocenters. The fourth-order valence-electron chi connectivity index (χ4n) is 6.18. The number of para-hydroxylation sites is 1. The van der Waals surface area contributed by atoms with E-state index in [-0.39, 0.29) is 0 Å². The van der Waals surface area contributed by atoms with Crippen molar-refractivity contribution < 1.29 is 19.4 Å². The second kappa shape index (κ2) is 9.47. The third-order valence-electron chi connectivity index (χ3n) is 7.74. The molecule has 0 saturated heterocycles. The molecule has 1 aliphatic heterocycles. The van der Waals surface area contributed by atoms with Crippen LogP contribution in [0.3, 0.4) is 0 Å². The van der Waals surface area contributed by atoms with E-state index in [1.54, 1.807) is 13.2 Å². The van der Waals surface area contributed by atoms with Crippen LogP contribution in [-0.2, 0) is 17.9 Å². The van der Waals surface area contributed by atoms with Gasteiger partial charge in [-0.15, -0.1) is 0 Å². The van der Waals surface area contributed by atoms with Crippen LogP contribution in [0.25, 0.3) is 33.3 Å². The van der Waals surface area contributed by atoms with Gasteiger partial charge in [0.1, 0.15) is 12.4 Å². The molecule has 0 bridgehead atoms. The third-order valence-corrected chi connectivity index (χ3v) is 7.74. The average molecular weight is 482 g/mol. The SMILES string of the molecule is COCc1cccc(-c2cccc3c2OCCn2c-3c(C3CCCCC3)c3ccc(C(=O)O)cc32)c1. The summed E-state index contributed by atoms with van der Waals surface area (Å²) in [5.74, 6) is 0.479. The van der Waals surface area contributed by atoms with Crippen LogP contribution in [0.5, 0.6) is 5.75 Å². The van der Waals surface area contributed by atoms with E-state index in [0.29, 0.717) is 31.2 Å². The molecule has 1 saturated carbocycles. The number of benzene rings is 3. The molecule has 1 N–H and O–H groups in total. The Morgan fingerprint density at radius 1 is 1.03 bits per heavy atom. The quantitative estimate of drug-likeness (QED) is 0.326. The lowest BCUT2D eigenvalue weighted by Crippen LogP contribution is -2.07. The number of carboxylic acid groups (broad SMARTS) is 1. The predicted octanol–water partition coefficient (Wildman–Crippen LogP) is 7.26. The highest BCUT2D eigenvalue weighted by Crippen LogP contribution is 2.49. The first-order chi connectivity index (χ1) is 17.7. The zero-order chi connectivity index (χ0) is 24.6. The summed E-state index contributed by atoms with van der Waals surface area (Å²) >= 11 is 0. The van der Waals surface area contributed by atoms with Gasteiger partial charge in [-0.1, -0.05) is 55.7 Å². The maximum Gasteiger partial charge on any atom is 0.335 e. The number of hydrogen-bond donors (Lipinski definition) is 1. The fraction of sp³-hybridized carbons (Fsp3) is 0.323. The lowest BCUT2D eigenvalue weighted by molar-refractivity contribution is 0.0697. The van der Waals surface area contributed by atoms with E-state index in [1.807, 2.05) is 12.1 Å². The molecule has 1 fully saturated rings. The lowest BCUT2D eigenvalue weighted by Gasteiger charge is -2.24. The summed E-state index contributed by atoms with van der Waals surface area (Å²) < 4.78 is 14.1. The van der Waals surface area contributed by atoms with Crippen LogP contribution in [0.2, 0.25) is 0 Å². The van der Waals surface area contributed by atoms with Crippen molar-refractivity contribution in [2.45, 2.75) is 51.2 Å². The van der Waals surface area contributed by atoms with Crippen molar-refractivity contribution in [3.05, 3.63) is 77.4 Å². The molecule has 0 unspecified atom stereocenters. The highest BCUT2D eigenvalue weighted by Gasteiger charge is 2.30. The van der Waals surface area contributed by atoms with Crippen molar-refractivity contribution in [1.82, 2.24) is 4.57 Å². The monoisotopic (exact) mass is 481 g/mol. The van der Waals surface area contributed by atoms with E-state index in [0.717, 1.165) is 33.5 Å². The molecule has 1 aromatic heterocycles. The van der Waals surface area contributed by atoms with Crippen LogP contribution in [0.15, 0.2) is 60.7 Å². The smallest absolute Gasteiger partial charge is 0.335 e. The summed E-state index contributed by atoms with van der Waals surface area (Å²) in [7, 11) is 1.71. The van der Waals surface area contributed by atoms with E-state index in [4.69, 9.17) is 9.47 Å². The maximum atomic E-state index is 11.8. The Balaban J connectivity index is 1.61. The zero-order valence-corrected chi connectivity index (χ0v) is 20.6. The van der Waals surface area contributed by atoms with Crippen molar-refractivity contribution in [1.29, 1.82) is 0 Å². The number of hydrogen-bond acceptors (Lipinski definition) is 3. The van der Waals surface area contributed by atoms with Crippen LogP contribution in [-0.4, -0.2) is 29.4 Å². The van der Waals surface area contributed by atoms with Gasteiger partial charge in [-0.3, -0.25) is 0 Å². The van der Waals surface area contributed by atoms with Crippen LogP contribution in [0.4, 0.5) is 0 Å². The molecule has 6 rings (SSSR count). The van der Waals surface area contributed by atoms with Crippen molar-refractivity contribution in [3.63, 3.8) is 0 Å². The number of methoxy groups -OCH3 is 1.